The van der Waals surface area contributed by atoms with Gasteiger partial charge in [-0.05, 0) is 55.9 Å². The van der Waals surface area contributed by atoms with E-state index in [9.17, 15) is 4.79 Å². The number of hydrogen-bond donors (Lipinski definition) is 1. The number of halogens is 1. The van der Waals surface area contributed by atoms with Crippen molar-refractivity contribution in [1.29, 1.82) is 0 Å². The van der Waals surface area contributed by atoms with Crippen LogP contribution in [0.5, 0.6) is 0 Å². The first kappa shape index (κ1) is 18.8. The van der Waals surface area contributed by atoms with Crippen molar-refractivity contribution in [2.45, 2.75) is 59.3 Å². The van der Waals surface area contributed by atoms with Crippen molar-refractivity contribution in [2.24, 2.45) is 28.9 Å². The summed E-state index contributed by atoms with van der Waals surface area (Å²) in [7, 11) is 0. The highest BCUT2D eigenvalue weighted by Crippen LogP contribution is 2.36. The van der Waals surface area contributed by atoms with Gasteiger partial charge in [0.1, 0.15) is 0 Å². The smallest absolute Gasteiger partial charge is 0.226 e. The standard InChI is InChI=1S/C17H32N2O.ClH/c1-17(2,3)14-7-5-10-19(11-9-14)16(20)15-8-4-6-13(15)12-18;/h13-15H,4-12,18H2,1-3H3;1H/t13-,14?,15-;/m1./s1. The van der Waals surface area contributed by atoms with Crippen molar-refractivity contribution in [2.75, 3.05) is 19.6 Å². The summed E-state index contributed by atoms with van der Waals surface area (Å²) < 4.78 is 0. The summed E-state index contributed by atoms with van der Waals surface area (Å²) in [4.78, 5) is 14.9. The lowest BCUT2D eigenvalue weighted by atomic mass is 9.77. The molecule has 0 aromatic carbocycles. The van der Waals surface area contributed by atoms with Crippen LogP contribution in [0.3, 0.4) is 0 Å². The Labute approximate surface area is 136 Å². The number of rotatable bonds is 2. The normalized spacial score (nSPS) is 30.7. The van der Waals surface area contributed by atoms with Gasteiger partial charge in [0.2, 0.25) is 5.91 Å². The highest BCUT2D eigenvalue weighted by atomic mass is 35.5. The second kappa shape index (κ2) is 7.82. The van der Waals surface area contributed by atoms with Crippen molar-refractivity contribution < 1.29 is 4.79 Å². The molecule has 0 spiro atoms. The fraction of sp³-hybridized carbons (Fsp3) is 0.941. The molecular formula is C17H33ClN2O. The summed E-state index contributed by atoms with van der Waals surface area (Å²) in [6.07, 6.45) is 6.96. The van der Waals surface area contributed by atoms with Gasteiger partial charge in [-0.15, -0.1) is 12.4 Å². The quantitative estimate of drug-likeness (QED) is 0.848. The van der Waals surface area contributed by atoms with Crippen LogP contribution in [0.1, 0.15) is 59.3 Å². The van der Waals surface area contributed by atoms with E-state index in [1.807, 2.05) is 0 Å². The number of nitrogens with two attached hydrogens (primary N) is 1. The van der Waals surface area contributed by atoms with Crippen molar-refractivity contribution in [3.63, 3.8) is 0 Å². The van der Waals surface area contributed by atoms with Gasteiger partial charge in [0, 0.05) is 19.0 Å². The van der Waals surface area contributed by atoms with Crippen LogP contribution in [-0.2, 0) is 4.79 Å². The van der Waals surface area contributed by atoms with Crippen molar-refractivity contribution in [3.8, 4) is 0 Å². The maximum Gasteiger partial charge on any atom is 0.226 e. The molecule has 2 fully saturated rings. The lowest BCUT2D eigenvalue weighted by Gasteiger charge is -2.30. The third-order valence-corrected chi connectivity index (χ3v) is 5.54. The molecule has 1 saturated carbocycles. The zero-order valence-corrected chi connectivity index (χ0v) is 14.8. The summed E-state index contributed by atoms with van der Waals surface area (Å²) in [5.74, 6) is 1.79. The van der Waals surface area contributed by atoms with Crippen LogP contribution in [0, 0.1) is 23.2 Å². The van der Waals surface area contributed by atoms with E-state index in [0.29, 0.717) is 23.8 Å². The van der Waals surface area contributed by atoms with Crippen LogP contribution in [0.2, 0.25) is 0 Å². The lowest BCUT2D eigenvalue weighted by Crippen LogP contribution is -2.39. The van der Waals surface area contributed by atoms with Crippen molar-refractivity contribution in [3.05, 3.63) is 0 Å². The maximum absolute atomic E-state index is 12.7. The van der Waals surface area contributed by atoms with Gasteiger partial charge in [0.25, 0.3) is 0 Å². The predicted octanol–water partition coefficient (Wildman–Crippen LogP) is 3.46. The largest absolute Gasteiger partial charge is 0.342 e. The minimum atomic E-state index is 0. The molecule has 21 heavy (non-hydrogen) atoms. The molecule has 1 aliphatic carbocycles. The summed E-state index contributed by atoms with van der Waals surface area (Å²) in [5, 5.41) is 0. The van der Waals surface area contributed by atoms with Crippen LogP contribution in [0.25, 0.3) is 0 Å². The van der Waals surface area contributed by atoms with E-state index in [4.69, 9.17) is 5.73 Å². The maximum atomic E-state index is 12.7. The molecule has 0 bridgehead atoms. The first-order valence-electron chi connectivity index (χ1n) is 8.42. The van der Waals surface area contributed by atoms with Crippen LogP contribution in [0.4, 0.5) is 0 Å². The third kappa shape index (κ3) is 4.59. The molecule has 0 aromatic rings. The molecule has 2 aliphatic rings. The Hall–Kier alpha value is -0.280. The summed E-state index contributed by atoms with van der Waals surface area (Å²) in [5.41, 5.74) is 6.20. The van der Waals surface area contributed by atoms with Crippen LogP contribution in [-0.4, -0.2) is 30.4 Å². The number of likely N-dealkylation sites (tertiary alicyclic amines) is 1. The number of carbonyl (C=O) groups is 1. The number of amides is 1. The molecule has 1 saturated heterocycles. The molecule has 4 heteroatoms. The summed E-state index contributed by atoms with van der Waals surface area (Å²) in [6, 6.07) is 0. The van der Waals surface area contributed by atoms with Gasteiger partial charge >= 0.3 is 0 Å². The highest BCUT2D eigenvalue weighted by molar-refractivity contribution is 5.85. The molecule has 0 radical (unpaired) electrons. The van der Waals surface area contributed by atoms with Crippen LogP contribution >= 0.6 is 12.4 Å². The van der Waals surface area contributed by atoms with Gasteiger partial charge in [-0.25, -0.2) is 0 Å². The molecule has 2 N–H and O–H groups in total. The fourth-order valence-electron chi connectivity index (χ4n) is 4.06. The van der Waals surface area contributed by atoms with E-state index in [-0.39, 0.29) is 18.3 Å². The minimum absolute atomic E-state index is 0. The van der Waals surface area contributed by atoms with E-state index in [1.165, 1.54) is 12.8 Å². The topological polar surface area (TPSA) is 46.3 Å². The monoisotopic (exact) mass is 316 g/mol. The summed E-state index contributed by atoms with van der Waals surface area (Å²) in [6.45, 7) is 9.58. The Morgan fingerprint density at radius 1 is 1.10 bits per heavy atom. The van der Waals surface area contributed by atoms with Gasteiger partial charge in [-0.2, -0.15) is 0 Å². The molecule has 3 atom stereocenters. The zero-order valence-electron chi connectivity index (χ0n) is 13.9. The van der Waals surface area contributed by atoms with E-state index in [0.717, 1.165) is 44.7 Å². The second-order valence-corrected chi connectivity index (χ2v) is 7.85. The van der Waals surface area contributed by atoms with Gasteiger partial charge in [-0.1, -0.05) is 27.2 Å². The molecule has 1 amide bonds. The molecular weight excluding hydrogens is 284 g/mol. The minimum Gasteiger partial charge on any atom is -0.342 e. The fourth-order valence-corrected chi connectivity index (χ4v) is 4.06. The van der Waals surface area contributed by atoms with Gasteiger partial charge in [0.05, 0.1) is 0 Å². The Balaban J connectivity index is 0.00000220. The number of nitrogens with zero attached hydrogens (tertiary/aromatic N) is 1. The molecule has 3 nitrogen and oxygen atoms in total. The van der Waals surface area contributed by atoms with Gasteiger partial charge in [0.15, 0.2) is 0 Å². The molecule has 1 aliphatic heterocycles. The first-order chi connectivity index (χ1) is 9.43. The van der Waals surface area contributed by atoms with E-state index >= 15 is 0 Å². The van der Waals surface area contributed by atoms with Gasteiger partial charge in [-0.3, -0.25) is 4.79 Å². The molecule has 1 heterocycles. The molecule has 0 aromatic heterocycles. The predicted molar refractivity (Wildman–Crippen MR) is 90.5 cm³/mol. The average Bonchev–Trinajstić information content (AvgIpc) is 2.71. The molecule has 2 rings (SSSR count). The molecule has 124 valence electrons. The number of hydrogen-bond acceptors (Lipinski definition) is 2. The van der Waals surface area contributed by atoms with Crippen LogP contribution in [0.15, 0.2) is 0 Å². The Morgan fingerprint density at radius 2 is 1.81 bits per heavy atom. The molecule has 1 unspecified atom stereocenters. The lowest BCUT2D eigenvalue weighted by molar-refractivity contribution is -0.136. The van der Waals surface area contributed by atoms with Gasteiger partial charge < -0.3 is 10.6 Å². The SMILES string of the molecule is CC(C)(C)C1CCCN(C(=O)[C@@H]2CCC[C@@H]2CN)CC1.Cl. The Morgan fingerprint density at radius 3 is 2.43 bits per heavy atom. The zero-order chi connectivity index (χ0) is 14.8. The second-order valence-electron chi connectivity index (χ2n) is 7.85. The van der Waals surface area contributed by atoms with Crippen molar-refractivity contribution in [1.82, 2.24) is 4.90 Å². The number of carbonyl (C=O) groups excluding carboxylic acids is 1. The summed E-state index contributed by atoms with van der Waals surface area (Å²) >= 11 is 0. The highest BCUT2D eigenvalue weighted by Gasteiger charge is 2.36. The first-order valence-corrected chi connectivity index (χ1v) is 8.42. The average molecular weight is 317 g/mol. The third-order valence-electron chi connectivity index (χ3n) is 5.54. The van der Waals surface area contributed by atoms with Crippen LogP contribution < -0.4 is 5.73 Å². The van der Waals surface area contributed by atoms with E-state index < -0.39 is 0 Å². The van der Waals surface area contributed by atoms with E-state index in [2.05, 4.69) is 25.7 Å². The van der Waals surface area contributed by atoms with Crippen molar-refractivity contribution >= 4 is 18.3 Å². The Bertz CT molecular complexity index is 340. The van der Waals surface area contributed by atoms with E-state index in [1.54, 1.807) is 0 Å². The Kier molecular flexibility index (Phi) is 6.99.